The summed E-state index contributed by atoms with van der Waals surface area (Å²) in [6, 6.07) is 16.2. The van der Waals surface area contributed by atoms with Gasteiger partial charge in [-0.05, 0) is 17.7 Å². The number of amides is 3. The lowest BCUT2D eigenvalue weighted by Gasteiger charge is -2.09. The van der Waals surface area contributed by atoms with Crippen molar-refractivity contribution in [2.24, 2.45) is 0 Å². The largest absolute Gasteiger partial charge is 0.355 e. The van der Waals surface area contributed by atoms with Gasteiger partial charge >= 0.3 is 0 Å². The molecule has 2 rings (SSSR count). The minimum absolute atomic E-state index is 0.124. The van der Waals surface area contributed by atoms with Gasteiger partial charge in [0.15, 0.2) is 0 Å². The van der Waals surface area contributed by atoms with Crippen molar-refractivity contribution in [3.63, 3.8) is 0 Å². The van der Waals surface area contributed by atoms with Crippen LogP contribution in [-0.4, -0.2) is 37.4 Å². The molecule has 0 aliphatic rings. The highest BCUT2D eigenvalue weighted by Gasteiger charge is 2.09. The van der Waals surface area contributed by atoms with Crippen molar-refractivity contribution in [3.05, 3.63) is 70.7 Å². The van der Waals surface area contributed by atoms with Crippen molar-refractivity contribution in [3.8, 4) is 0 Å². The SMILES string of the molecule is O=C(CCNC(=O)Cc1ccccc1)NCCNC(=O)c1ccccc1Cl. The Labute approximate surface area is 163 Å². The van der Waals surface area contributed by atoms with Crippen LogP contribution in [-0.2, 0) is 16.0 Å². The maximum absolute atomic E-state index is 12.0. The molecule has 0 aromatic heterocycles. The maximum Gasteiger partial charge on any atom is 0.252 e. The molecule has 7 heteroatoms. The highest BCUT2D eigenvalue weighted by Crippen LogP contribution is 2.14. The smallest absolute Gasteiger partial charge is 0.252 e. The predicted octanol–water partition coefficient (Wildman–Crippen LogP) is 1.93. The van der Waals surface area contributed by atoms with E-state index in [-0.39, 0.29) is 43.7 Å². The lowest BCUT2D eigenvalue weighted by molar-refractivity contribution is -0.122. The van der Waals surface area contributed by atoms with E-state index in [0.29, 0.717) is 17.1 Å². The van der Waals surface area contributed by atoms with Gasteiger partial charge in [-0.15, -0.1) is 0 Å². The summed E-state index contributed by atoms with van der Waals surface area (Å²) in [5.41, 5.74) is 1.32. The van der Waals surface area contributed by atoms with E-state index in [2.05, 4.69) is 16.0 Å². The standard InChI is InChI=1S/C20H22ClN3O3/c21-17-9-5-4-8-16(17)20(27)24-13-12-23-18(25)10-11-22-19(26)14-15-6-2-1-3-7-15/h1-9H,10-14H2,(H,22,26)(H,23,25)(H,24,27). The molecule has 0 unspecified atom stereocenters. The van der Waals surface area contributed by atoms with E-state index >= 15 is 0 Å². The Bertz CT molecular complexity index is 781. The summed E-state index contributed by atoms with van der Waals surface area (Å²) in [5, 5.41) is 8.47. The zero-order valence-electron chi connectivity index (χ0n) is 14.8. The fourth-order valence-corrected chi connectivity index (χ4v) is 2.59. The Morgan fingerprint density at radius 2 is 1.37 bits per heavy atom. The second-order valence-electron chi connectivity index (χ2n) is 5.85. The van der Waals surface area contributed by atoms with Crippen LogP contribution in [0, 0.1) is 0 Å². The molecular formula is C20H22ClN3O3. The zero-order chi connectivity index (χ0) is 19.5. The summed E-state index contributed by atoms with van der Waals surface area (Å²) in [5.74, 6) is -0.606. The minimum Gasteiger partial charge on any atom is -0.355 e. The van der Waals surface area contributed by atoms with Crippen LogP contribution in [0.2, 0.25) is 5.02 Å². The first-order valence-corrected chi connectivity index (χ1v) is 9.04. The Hall–Kier alpha value is -2.86. The molecule has 3 N–H and O–H groups in total. The van der Waals surface area contributed by atoms with Gasteiger partial charge in [0.2, 0.25) is 11.8 Å². The maximum atomic E-state index is 12.0. The number of hydrogen-bond acceptors (Lipinski definition) is 3. The topological polar surface area (TPSA) is 87.3 Å². The van der Waals surface area contributed by atoms with E-state index in [4.69, 9.17) is 11.6 Å². The molecule has 6 nitrogen and oxygen atoms in total. The molecule has 0 spiro atoms. The Balaban J connectivity index is 1.56. The highest BCUT2D eigenvalue weighted by atomic mass is 35.5. The van der Waals surface area contributed by atoms with Gasteiger partial charge < -0.3 is 16.0 Å². The molecule has 2 aromatic carbocycles. The molecular weight excluding hydrogens is 366 g/mol. The van der Waals surface area contributed by atoms with E-state index in [1.807, 2.05) is 30.3 Å². The molecule has 0 bridgehead atoms. The molecule has 0 saturated carbocycles. The molecule has 0 saturated heterocycles. The monoisotopic (exact) mass is 387 g/mol. The third-order valence-corrected chi connectivity index (χ3v) is 4.06. The van der Waals surface area contributed by atoms with Crippen LogP contribution >= 0.6 is 11.6 Å². The van der Waals surface area contributed by atoms with Crippen LogP contribution in [0.15, 0.2) is 54.6 Å². The summed E-state index contributed by atoms with van der Waals surface area (Å²) in [4.78, 5) is 35.5. The molecule has 2 aromatic rings. The summed E-state index contributed by atoms with van der Waals surface area (Å²) < 4.78 is 0. The number of halogens is 1. The fourth-order valence-electron chi connectivity index (χ4n) is 2.37. The lowest BCUT2D eigenvalue weighted by Crippen LogP contribution is -2.36. The molecule has 142 valence electrons. The summed E-state index contributed by atoms with van der Waals surface area (Å²) >= 11 is 5.95. The molecule has 3 amide bonds. The number of benzene rings is 2. The van der Waals surface area contributed by atoms with E-state index in [0.717, 1.165) is 5.56 Å². The van der Waals surface area contributed by atoms with Crippen LogP contribution in [0.4, 0.5) is 0 Å². The average molecular weight is 388 g/mol. The minimum atomic E-state index is -0.289. The van der Waals surface area contributed by atoms with Crippen LogP contribution in [0.25, 0.3) is 0 Å². The first-order chi connectivity index (χ1) is 13.1. The quantitative estimate of drug-likeness (QED) is 0.574. The fraction of sp³-hybridized carbons (Fsp3) is 0.250. The summed E-state index contributed by atoms with van der Waals surface area (Å²) in [6.07, 6.45) is 0.468. The van der Waals surface area contributed by atoms with Gasteiger partial charge in [-0.2, -0.15) is 0 Å². The van der Waals surface area contributed by atoms with Crippen LogP contribution in [0.3, 0.4) is 0 Å². The molecule has 0 aliphatic heterocycles. The number of nitrogens with one attached hydrogen (secondary N) is 3. The van der Waals surface area contributed by atoms with Gasteiger partial charge in [0.05, 0.1) is 17.0 Å². The normalized spacial score (nSPS) is 10.1. The molecule has 0 aliphatic carbocycles. The second kappa shape index (κ2) is 11.0. The van der Waals surface area contributed by atoms with Crippen molar-refractivity contribution in [2.45, 2.75) is 12.8 Å². The summed E-state index contributed by atoms with van der Waals surface area (Å²) in [7, 11) is 0. The van der Waals surface area contributed by atoms with Crippen molar-refractivity contribution in [2.75, 3.05) is 19.6 Å². The van der Waals surface area contributed by atoms with E-state index < -0.39 is 0 Å². The van der Waals surface area contributed by atoms with Crippen molar-refractivity contribution >= 4 is 29.3 Å². The first-order valence-electron chi connectivity index (χ1n) is 8.66. The molecule has 0 heterocycles. The number of carbonyl (C=O) groups is 3. The van der Waals surface area contributed by atoms with Gasteiger partial charge in [0.1, 0.15) is 0 Å². The molecule has 0 fully saturated rings. The van der Waals surface area contributed by atoms with E-state index in [1.165, 1.54) is 0 Å². The van der Waals surface area contributed by atoms with Crippen LogP contribution < -0.4 is 16.0 Å². The average Bonchev–Trinajstić information content (AvgIpc) is 2.66. The van der Waals surface area contributed by atoms with Crippen LogP contribution in [0.5, 0.6) is 0 Å². The molecule has 0 radical (unpaired) electrons. The van der Waals surface area contributed by atoms with Gasteiger partial charge in [-0.25, -0.2) is 0 Å². The Morgan fingerprint density at radius 1 is 0.741 bits per heavy atom. The van der Waals surface area contributed by atoms with Gasteiger partial charge in [0, 0.05) is 26.1 Å². The summed E-state index contributed by atoms with van der Waals surface area (Å²) in [6.45, 7) is 0.854. The van der Waals surface area contributed by atoms with E-state index in [1.54, 1.807) is 24.3 Å². The Kier molecular flexibility index (Phi) is 8.32. The molecule has 0 atom stereocenters. The van der Waals surface area contributed by atoms with Crippen molar-refractivity contribution in [1.82, 2.24) is 16.0 Å². The zero-order valence-corrected chi connectivity index (χ0v) is 15.6. The highest BCUT2D eigenvalue weighted by molar-refractivity contribution is 6.33. The third kappa shape index (κ3) is 7.50. The van der Waals surface area contributed by atoms with E-state index in [9.17, 15) is 14.4 Å². The van der Waals surface area contributed by atoms with Gasteiger partial charge in [-0.1, -0.05) is 54.1 Å². The van der Waals surface area contributed by atoms with Gasteiger partial charge in [0.25, 0.3) is 5.91 Å². The lowest BCUT2D eigenvalue weighted by atomic mass is 10.1. The first kappa shape index (κ1) is 20.5. The Morgan fingerprint density at radius 3 is 2.11 bits per heavy atom. The van der Waals surface area contributed by atoms with Crippen molar-refractivity contribution in [1.29, 1.82) is 0 Å². The van der Waals surface area contributed by atoms with Crippen molar-refractivity contribution < 1.29 is 14.4 Å². The second-order valence-corrected chi connectivity index (χ2v) is 6.26. The predicted molar refractivity (Wildman–Crippen MR) is 105 cm³/mol. The van der Waals surface area contributed by atoms with Crippen LogP contribution in [0.1, 0.15) is 22.3 Å². The molecule has 27 heavy (non-hydrogen) atoms. The number of rotatable bonds is 9. The number of hydrogen-bond donors (Lipinski definition) is 3. The third-order valence-electron chi connectivity index (χ3n) is 3.73. The number of carbonyl (C=O) groups excluding carboxylic acids is 3. The van der Waals surface area contributed by atoms with Gasteiger partial charge in [-0.3, -0.25) is 14.4 Å².